The summed E-state index contributed by atoms with van der Waals surface area (Å²) in [5.74, 6) is -1.47. The van der Waals surface area contributed by atoms with Gasteiger partial charge in [-0.25, -0.2) is 4.79 Å². The third kappa shape index (κ3) is 7.28. The Balaban J connectivity index is 4.00. The predicted molar refractivity (Wildman–Crippen MR) is 68.6 cm³/mol. The quantitative estimate of drug-likeness (QED) is 0.589. The van der Waals surface area contributed by atoms with E-state index in [1.165, 1.54) is 7.11 Å². The summed E-state index contributed by atoms with van der Waals surface area (Å²) in [6.45, 7) is 5.45. The molecular weight excluding hydrogens is 252 g/mol. The van der Waals surface area contributed by atoms with Gasteiger partial charge < -0.3 is 20.5 Å². The van der Waals surface area contributed by atoms with Crippen LogP contribution in [0.4, 0.5) is 4.79 Å². The van der Waals surface area contributed by atoms with Crippen molar-refractivity contribution in [1.82, 2.24) is 10.6 Å². The van der Waals surface area contributed by atoms with Crippen molar-refractivity contribution in [3.63, 3.8) is 0 Å². The molecular formula is C12H22N2O5. The molecule has 0 heterocycles. The average Bonchev–Trinajstić information content (AvgIpc) is 2.32. The van der Waals surface area contributed by atoms with Crippen LogP contribution < -0.4 is 10.6 Å². The Labute approximate surface area is 112 Å². The first-order valence-corrected chi connectivity index (χ1v) is 6.01. The Bertz CT molecular complexity index is 341. The van der Waals surface area contributed by atoms with Gasteiger partial charge in [-0.05, 0) is 19.8 Å². The fourth-order valence-corrected chi connectivity index (χ4v) is 1.35. The normalized spacial score (nSPS) is 12.4. The Morgan fingerprint density at radius 2 is 1.84 bits per heavy atom. The minimum atomic E-state index is -0.901. The summed E-state index contributed by atoms with van der Waals surface area (Å²) in [4.78, 5) is 33.3. The summed E-state index contributed by atoms with van der Waals surface area (Å²) in [6, 6.07) is -0.436. The second-order valence-electron chi connectivity index (χ2n) is 5.14. The number of carboxylic acid groups (broad SMARTS) is 1. The zero-order valence-corrected chi connectivity index (χ0v) is 11.8. The number of nitrogens with one attached hydrogen (secondary N) is 2. The highest BCUT2D eigenvalue weighted by Gasteiger charge is 2.29. The highest BCUT2D eigenvalue weighted by Crippen LogP contribution is 2.15. The lowest BCUT2D eigenvalue weighted by atomic mass is 9.94. The van der Waals surface area contributed by atoms with Crippen molar-refractivity contribution in [2.24, 2.45) is 11.3 Å². The van der Waals surface area contributed by atoms with E-state index < -0.39 is 23.4 Å². The molecule has 0 saturated carbocycles. The van der Waals surface area contributed by atoms with Gasteiger partial charge in [-0.1, -0.05) is 6.92 Å². The standard InChI is InChI=1S/C12H22N2O5/c1-8(5-9(15)16)6-13-11(18)14-7-12(2,3)10(17)19-4/h8H,5-7H2,1-4H3,(H,15,16)(H2,13,14,18). The van der Waals surface area contributed by atoms with E-state index in [0.717, 1.165) is 0 Å². The fourth-order valence-electron chi connectivity index (χ4n) is 1.35. The highest BCUT2D eigenvalue weighted by molar-refractivity contribution is 5.78. The Kier molecular flexibility index (Phi) is 6.89. The molecule has 110 valence electrons. The average molecular weight is 274 g/mol. The number of hydrogen-bond acceptors (Lipinski definition) is 4. The minimum absolute atomic E-state index is 0.00602. The Morgan fingerprint density at radius 3 is 2.32 bits per heavy atom. The number of esters is 1. The van der Waals surface area contributed by atoms with Crippen molar-refractivity contribution in [2.75, 3.05) is 20.2 Å². The maximum Gasteiger partial charge on any atom is 0.314 e. The maximum atomic E-state index is 11.5. The van der Waals surface area contributed by atoms with Crippen LogP contribution in [0, 0.1) is 11.3 Å². The van der Waals surface area contributed by atoms with Gasteiger partial charge in [-0.15, -0.1) is 0 Å². The highest BCUT2D eigenvalue weighted by atomic mass is 16.5. The number of urea groups is 1. The number of methoxy groups -OCH3 is 1. The van der Waals surface area contributed by atoms with Gasteiger partial charge in [0.05, 0.1) is 12.5 Å². The van der Waals surface area contributed by atoms with Gasteiger partial charge in [0.1, 0.15) is 0 Å². The molecule has 7 nitrogen and oxygen atoms in total. The van der Waals surface area contributed by atoms with Gasteiger partial charge in [0.15, 0.2) is 0 Å². The van der Waals surface area contributed by atoms with E-state index in [-0.39, 0.29) is 25.4 Å². The molecule has 0 rings (SSSR count). The second kappa shape index (κ2) is 7.60. The zero-order valence-electron chi connectivity index (χ0n) is 11.8. The lowest BCUT2D eigenvalue weighted by Crippen LogP contribution is -2.44. The largest absolute Gasteiger partial charge is 0.481 e. The van der Waals surface area contributed by atoms with Gasteiger partial charge in [0.2, 0.25) is 0 Å². The third-order valence-corrected chi connectivity index (χ3v) is 2.56. The molecule has 0 saturated heterocycles. The maximum absolute atomic E-state index is 11.5. The molecule has 0 aliphatic rings. The van der Waals surface area contributed by atoms with Gasteiger partial charge >= 0.3 is 18.0 Å². The van der Waals surface area contributed by atoms with E-state index in [9.17, 15) is 14.4 Å². The van der Waals surface area contributed by atoms with Crippen LogP contribution in [0.5, 0.6) is 0 Å². The number of rotatable bonds is 7. The van der Waals surface area contributed by atoms with Crippen LogP contribution in [0.15, 0.2) is 0 Å². The lowest BCUT2D eigenvalue weighted by Gasteiger charge is -2.22. The van der Waals surface area contributed by atoms with E-state index in [4.69, 9.17) is 5.11 Å². The molecule has 1 unspecified atom stereocenters. The number of carbonyl (C=O) groups excluding carboxylic acids is 2. The summed E-state index contributed by atoms with van der Waals surface area (Å²) in [7, 11) is 1.29. The van der Waals surface area contributed by atoms with Crippen molar-refractivity contribution in [1.29, 1.82) is 0 Å². The van der Waals surface area contributed by atoms with E-state index in [2.05, 4.69) is 15.4 Å². The second-order valence-corrected chi connectivity index (χ2v) is 5.14. The predicted octanol–water partition coefficient (Wildman–Crippen LogP) is 0.596. The molecule has 0 spiro atoms. The van der Waals surface area contributed by atoms with E-state index in [0.29, 0.717) is 0 Å². The molecule has 0 aromatic heterocycles. The van der Waals surface area contributed by atoms with Crippen LogP contribution >= 0.6 is 0 Å². The summed E-state index contributed by atoms with van der Waals surface area (Å²) in [6.07, 6.45) is -0.00602. The van der Waals surface area contributed by atoms with E-state index in [1.54, 1.807) is 20.8 Å². The third-order valence-electron chi connectivity index (χ3n) is 2.56. The number of ether oxygens (including phenoxy) is 1. The van der Waals surface area contributed by atoms with Crippen molar-refractivity contribution >= 4 is 18.0 Å². The summed E-state index contributed by atoms with van der Waals surface area (Å²) >= 11 is 0. The van der Waals surface area contributed by atoms with Gasteiger partial charge in [0, 0.05) is 19.5 Å². The molecule has 2 amide bonds. The topological polar surface area (TPSA) is 105 Å². The summed E-state index contributed by atoms with van der Waals surface area (Å²) in [5, 5.41) is 13.7. The smallest absolute Gasteiger partial charge is 0.314 e. The van der Waals surface area contributed by atoms with Gasteiger partial charge in [-0.2, -0.15) is 0 Å². The molecule has 0 aliphatic carbocycles. The molecule has 0 bridgehead atoms. The first-order chi connectivity index (χ1) is 8.69. The van der Waals surface area contributed by atoms with Crippen molar-refractivity contribution < 1.29 is 24.2 Å². The van der Waals surface area contributed by atoms with Crippen molar-refractivity contribution in [3.8, 4) is 0 Å². The molecule has 0 aromatic rings. The SMILES string of the molecule is COC(=O)C(C)(C)CNC(=O)NCC(C)CC(=O)O. The first-order valence-electron chi connectivity index (χ1n) is 6.01. The number of hydrogen-bond donors (Lipinski definition) is 3. The summed E-state index contributed by atoms with van der Waals surface area (Å²) < 4.78 is 4.61. The van der Waals surface area contributed by atoms with Gasteiger partial charge in [0.25, 0.3) is 0 Å². The molecule has 7 heteroatoms. The molecule has 0 aromatic carbocycles. The number of carbonyl (C=O) groups is 3. The first kappa shape index (κ1) is 17.2. The molecule has 19 heavy (non-hydrogen) atoms. The number of aliphatic carboxylic acids is 1. The van der Waals surface area contributed by atoms with Crippen LogP contribution in [-0.2, 0) is 14.3 Å². The Hall–Kier alpha value is -1.79. The van der Waals surface area contributed by atoms with E-state index >= 15 is 0 Å². The molecule has 3 N–H and O–H groups in total. The van der Waals surface area contributed by atoms with Crippen LogP contribution in [-0.4, -0.2) is 43.3 Å². The van der Waals surface area contributed by atoms with E-state index in [1.807, 2.05) is 0 Å². The number of amides is 2. The van der Waals surface area contributed by atoms with Crippen molar-refractivity contribution in [2.45, 2.75) is 27.2 Å². The van der Waals surface area contributed by atoms with Crippen LogP contribution in [0.2, 0.25) is 0 Å². The summed E-state index contributed by atoms with van der Waals surface area (Å²) in [5.41, 5.74) is -0.807. The molecule has 0 aliphatic heterocycles. The number of carboxylic acids is 1. The monoisotopic (exact) mass is 274 g/mol. The Morgan fingerprint density at radius 1 is 1.26 bits per heavy atom. The van der Waals surface area contributed by atoms with Crippen molar-refractivity contribution in [3.05, 3.63) is 0 Å². The van der Waals surface area contributed by atoms with Gasteiger partial charge in [-0.3, -0.25) is 9.59 Å². The minimum Gasteiger partial charge on any atom is -0.481 e. The fraction of sp³-hybridized carbons (Fsp3) is 0.750. The molecule has 1 atom stereocenters. The van der Waals surface area contributed by atoms with Crippen LogP contribution in [0.3, 0.4) is 0 Å². The lowest BCUT2D eigenvalue weighted by molar-refractivity contribution is -0.150. The molecule has 0 fully saturated rings. The van der Waals surface area contributed by atoms with Crippen LogP contribution in [0.1, 0.15) is 27.2 Å². The van der Waals surface area contributed by atoms with Crippen LogP contribution in [0.25, 0.3) is 0 Å². The zero-order chi connectivity index (χ0) is 15.1. The molecule has 0 radical (unpaired) electrons.